The van der Waals surface area contributed by atoms with Crippen molar-refractivity contribution in [3.05, 3.63) is 30.1 Å². The molecule has 0 aromatic carbocycles. The molecule has 20 heavy (non-hydrogen) atoms. The minimum Gasteiger partial charge on any atom is -0.342 e. The summed E-state index contributed by atoms with van der Waals surface area (Å²) in [5.74, 6) is 0.676. The van der Waals surface area contributed by atoms with Crippen molar-refractivity contribution >= 4 is 5.91 Å². The Labute approximate surface area is 121 Å². The van der Waals surface area contributed by atoms with Gasteiger partial charge in [-0.05, 0) is 30.9 Å². The maximum absolute atomic E-state index is 12.2. The van der Waals surface area contributed by atoms with E-state index in [1.165, 1.54) is 0 Å². The second kappa shape index (κ2) is 9.08. The van der Waals surface area contributed by atoms with Gasteiger partial charge in [-0.25, -0.2) is 0 Å². The molecule has 4 nitrogen and oxygen atoms in total. The number of carbonyl (C=O) groups excluding carboxylic acids is 1. The molecule has 0 spiro atoms. The van der Waals surface area contributed by atoms with Crippen LogP contribution in [-0.2, 0) is 11.2 Å². The normalized spacial score (nSPS) is 10.3. The van der Waals surface area contributed by atoms with Crippen LogP contribution in [0.4, 0.5) is 0 Å². The molecule has 108 valence electrons. The zero-order valence-electron chi connectivity index (χ0n) is 12.4. The topological polar surface area (TPSA) is 57.0 Å². The maximum Gasteiger partial charge on any atom is 0.222 e. The van der Waals surface area contributed by atoms with E-state index in [4.69, 9.17) is 5.26 Å². The Hall–Kier alpha value is -1.89. The number of pyridine rings is 1. The molecule has 0 unspecified atom stereocenters. The van der Waals surface area contributed by atoms with E-state index in [1.807, 2.05) is 23.1 Å². The Morgan fingerprint density at radius 1 is 1.40 bits per heavy atom. The van der Waals surface area contributed by atoms with Gasteiger partial charge in [0.1, 0.15) is 0 Å². The summed E-state index contributed by atoms with van der Waals surface area (Å²) in [4.78, 5) is 18.3. The second-order valence-electron chi connectivity index (χ2n) is 5.29. The summed E-state index contributed by atoms with van der Waals surface area (Å²) in [6.07, 6.45) is 4.23. The molecule has 4 heteroatoms. The van der Waals surface area contributed by atoms with Crippen LogP contribution in [0.1, 0.15) is 38.8 Å². The molecule has 0 saturated carbocycles. The summed E-state index contributed by atoms with van der Waals surface area (Å²) in [6.45, 7) is 5.55. The predicted octanol–water partition coefficient (Wildman–Crippen LogP) is 2.80. The van der Waals surface area contributed by atoms with Gasteiger partial charge in [-0.15, -0.1) is 0 Å². The van der Waals surface area contributed by atoms with Crippen molar-refractivity contribution in [2.75, 3.05) is 13.1 Å². The lowest BCUT2D eigenvalue weighted by atomic mass is 10.1. The number of amides is 1. The zero-order valence-corrected chi connectivity index (χ0v) is 12.4. The van der Waals surface area contributed by atoms with Gasteiger partial charge in [0, 0.05) is 31.4 Å². The third-order valence-corrected chi connectivity index (χ3v) is 3.14. The fraction of sp³-hybridized carbons (Fsp3) is 0.562. The number of hydrogen-bond acceptors (Lipinski definition) is 3. The summed E-state index contributed by atoms with van der Waals surface area (Å²) in [5.41, 5.74) is 0.935. The highest BCUT2D eigenvalue weighted by Crippen LogP contribution is 2.07. The molecule has 0 bridgehead atoms. The summed E-state index contributed by atoms with van der Waals surface area (Å²) >= 11 is 0. The number of hydrogen-bond donors (Lipinski definition) is 0. The lowest BCUT2D eigenvalue weighted by molar-refractivity contribution is -0.131. The third kappa shape index (κ3) is 6.33. The van der Waals surface area contributed by atoms with Gasteiger partial charge in [0.25, 0.3) is 0 Å². The van der Waals surface area contributed by atoms with Crippen LogP contribution < -0.4 is 0 Å². The molecular formula is C16H23N3O. The SMILES string of the molecule is CC(C)CCN(CCC#N)C(=O)CCc1ccccn1. The molecule has 0 N–H and O–H groups in total. The zero-order chi connectivity index (χ0) is 14.8. The van der Waals surface area contributed by atoms with Gasteiger partial charge in [0.2, 0.25) is 5.91 Å². The van der Waals surface area contributed by atoms with Gasteiger partial charge in [-0.2, -0.15) is 5.26 Å². The van der Waals surface area contributed by atoms with Gasteiger partial charge >= 0.3 is 0 Å². The average Bonchev–Trinajstić information content (AvgIpc) is 2.45. The quantitative estimate of drug-likeness (QED) is 0.731. The van der Waals surface area contributed by atoms with Crippen LogP contribution in [0.15, 0.2) is 24.4 Å². The lowest BCUT2D eigenvalue weighted by Crippen LogP contribution is -2.33. The van der Waals surface area contributed by atoms with Crippen molar-refractivity contribution in [1.29, 1.82) is 5.26 Å². The van der Waals surface area contributed by atoms with Crippen LogP contribution in [0.5, 0.6) is 0 Å². The summed E-state index contributed by atoms with van der Waals surface area (Å²) < 4.78 is 0. The Balaban J connectivity index is 2.47. The maximum atomic E-state index is 12.2. The van der Waals surface area contributed by atoms with Crippen LogP contribution >= 0.6 is 0 Å². The molecule has 1 aromatic heterocycles. The third-order valence-electron chi connectivity index (χ3n) is 3.14. The van der Waals surface area contributed by atoms with E-state index >= 15 is 0 Å². The van der Waals surface area contributed by atoms with Crippen LogP contribution in [0.25, 0.3) is 0 Å². The van der Waals surface area contributed by atoms with E-state index in [0.717, 1.165) is 18.7 Å². The number of aryl methyl sites for hydroxylation is 1. The molecule has 0 radical (unpaired) electrons. The molecule has 0 atom stereocenters. The molecule has 1 aromatic rings. The first-order valence-corrected chi connectivity index (χ1v) is 7.18. The monoisotopic (exact) mass is 273 g/mol. The Morgan fingerprint density at radius 3 is 2.80 bits per heavy atom. The van der Waals surface area contributed by atoms with Gasteiger partial charge in [-0.1, -0.05) is 19.9 Å². The van der Waals surface area contributed by atoms with Crippen molar-refractivity contribution in [1.82, 2.24) is 9.88 Å². The highest BCUT2D eigenvalue weighted by atomic mass is 16.2. The van der Waals surface area contributed by atoms with Gasteiger partial charge < -0.3 is 4.90 Å². The summed E-state index contributed by atoms with van der Waals surface area (Å²) in [6, 6.07) is 7.84. The molecule has 0 aliphatic heterocycles. The number of rotatable bonds is 8. The van der Waals surface area contributed by atoms with Crippen LogP contribution in [0, 0.1) is 17.2 Å². The van der Waals surface area contributed by atoms with Crippen molar-refractivity contribution in [2.24, 2.45) is 5.92 Å². The van der Waals surface area contributed by atoms with E-state index in [0.29, 0.717) is 31.7 Å². The van der Waals surface area contributed by atoms with Crippen LogP contribution in [0.2, 0.25) is 0 Å². The van der Waals surface area contributed by atoms with E-state index < -0.39 is 0 Å². The number of nitrogens with zero attached hydrogens (tertiary/aromatic N) is 3. The Kier molecular flexibility index (Phi) is 7.34. The van der Waals surface area contributed by atoms with Gasteiger partial charge in [0.15, 0.2) is 0 Å². The van der Waals surface area contributed by atoms with E-state index in [1.54, 1.807) is 6.20 Å². The second-order valence-corrected chi connectivity index (χ2v) is 5.29. The molecule has 1 rings (SSSR count). The number of nitriles is 1. The van der Waals surface area contributed by atoms with Crippen molar-refractivity contribution in [3.8, 4) is 6.07 Å². The molecule has 0 aliphatic carbocycles. The Bertz CT molecular complexity index is 437. The average molecular weight is 273 g/mol. The van der Waals surface area contributed by atoms with Crippen molar-refractivity contribution in [2.45, 2.75) is 39.5 Å². The first kappa shape index (κ1) is 16.2. The standard InChI is InChI=1S/C16H23N3O/c1-14(2)9-13-19(12-5-10-17)16(20)8-7-15-6-3-4-11-18-15/h3-4,6,11,14H,5,7-9,12-13H2,1-2H3. The largest absolute Gasteiger partial charge is 0.342 e. The van der Waals surface area contributed by atoms with Crippen molar-refractivity contribution < 1.29 is 4.79 Å². The highest BCUT2D eigenvalue weighted by Gasteiger charge is 2.13. The Morgan fingerprint density at radius 2 is 2.20 bits per heavy atom. The summed E-state index contributed by atoms with van der Waals surface area (Å²) in [5, 5.41) is 8.68. The van der Waals surface area contributed by atoms with E-state index in [9.17, 15) is 4.79 Å². The minimum atomic E-state index is 0.117. The fourth-order valence-electron chi connectivity index (χ4n) is 1.90. The summed E-state index contributed by atoms with van der Waals surface area (Å²) in [7, 11) is 0. The van der Waals surface area contributed by atoms with Gasteiger partial charge in [0.05, 0.1) is 12.5 Å². The number of carbonyl (C=O) groups is 1. The fourth-order valence-corrected chi connectivity index (χ4v) is 1.90. The lowest BCUT2D eigenvalue weighted by Gasteiger charge is -2.22. The first-order valence-electron chi connectivity index (χ1n) is 7.18. The first-order chi connectivity index (χ1) is 9.63. The molecule has 0 aliphatic rings. The predicted molar refractivity (Wildman–Crippen MR) is 78.8 cm³/mol. The number of aromatic nitrogens is 1. The molecule has 1 amide bonds. The molecule has 1 heterocycles. The molecule has 0 fully saturated rings. The van der Waals surface area contributed by atoms with E-state index in [2.05, 4.69) is 24.9 Å². The minimum absolute atomic E-state index is 0.117. The van der Waals surface area contributed by atoms with Crippen molar-refractivity contribution in [3.63, 3.8) is 0 Å². The molecule has 0 saturated heterocycles. The van der Waals surface area contributed by atoms with Crippen LogP contribution in [0.3, 0.4) is 0 Å². The highest BCUT2D eigenvalue weighted by molar-refractivity contribution is 5.76. The molecular weight excluding hydrogens is 250 g/mol. The van der Waals surface area contributed by atoms with E-state index in [-0.39, 0.29) is 5.91 Å². The van der Waals surface area contributed by atoms with Gasteiger partial charge in [-0.3, -0.25) is 9.78 Å². The van der Waals surface area contributed by atoms with Crippen LogP contribution in [-0.4, -0.2) is 28.9 Å². The smallest absolute Gasteiger partial charge is 0.222 e.